The summed E-state index contributed by atoms with van der Waals surface area (Å²) in [5.41, 5.74) is 5.73. The molecule has 0 saturated carbocycles. The van der Waals surface area contributed by atoms with Crippen molar-refractivity contribution >= 4 is 33.3 Å². The molecule has 20 heavy (non-hydrogen) atoms. The molecule has 0 spiro atoms. The molecule has 2 rings (SSSR count). The lowest BCUT2D eigenvalue weighted by Gasteiger charge is -2.09. The van der Waals surface area contributed by atoms with Gasteiger partial charge < -0.3 is 15.8 Å². The number of rotatable bonds is 7. The second kappa shape index (κ2) is 6.85. The summed E-state index contributed by atoms with van der Waals surface area (Å²) in [4.78, 5) is 10.6. The third kappa shape index (κ3) is 4.05. The van der Waals surface area contributed by atoms with Crippen molar-refractivity contribution < 1.29 is 4.74 Å². The van der Waals surface area contributed by atoms with Crippen molar-refractivity contribution in [2.24, 2.45) is 5.92 Å². The second-order valence-electron chi connectivity index (χ2n) is 5.23. The van der Waals surface area contributed by atoms with E-state index < -0.39 is 0 Å². The third-order valence-corrected chi connectivity index (χ3v) is 3.86. The molecule has 3 N–H and O–H groups in total. The molecule has 0 atom stereocenters. The zero-order valence-electron chi connectivity index (χ0n) is 12.3. The van der Waals surface area contributed by atoms with Gasteiger partial charge in [0.25, 0.3) is 0 Å². The van der Waals surface area contributed by atoms with Crippen molar-refractivity contribution in [3.8, 4) is 0 Å². The zero-order valence-corrected chi connectivity index (χ0v) is 13.1. The van der Waals surface area contributed by atoms with Crippen molar-refractivity contribution in [2.45, 2.75) is 27.2 Å². The van der Waals surface area contributed by atoms with Crippen LogP contribution in [0, 0.1) is 12.8 Å². The molecule has 6 heteroatoms. The van der Waals surface area contributed by atoms with Gasteiger partial charge in [-0.1, -0.05) is 13.8 Å². The van der Waals surface area contributed by atoms with Gasteiger partial charge in [-0.05, 0) is 25.3 Å². The molecule has 2 aromatic heterocycles. The van der Waals surface area contributed by atoms with E-state index in [1.165, 1.54) is 4.88 Å². The predicted molar refractivity (Wildman–Crippen MR) is 85.3 cm³/mol. The molecule has 0 aliphatic carbocycles. The lowest BCUT2D eigenvalue weighted by Crippen LogP contribution is -2.12. The number of nitrogens with zero attached hydrogens (tertiary/aromatic N) is 2. The molecule has 0 aliphatic heterocycles. The molecule has 2 heterocycles. The van der Waals surface area contributed by atoms with Gasteiger partial charge in [-0.3, -0.25) is 0 Å². The van der Waals surface area contributed by atoms with Crippen LogP contribution in [-0.4, -0.2) is 29.7 Å². The standard InChI is InChI=1S/C14H22N4OS/c1-9(2)4-6-19-7-5-16-12-11-8-10(3)20-13(11)18-14(15)17-12/h8-9H,4-7H2,1-3H3,(H3,15,16,17,18). The fourth-order valence-corrected chi connectivity index (χ4v) is 2.74. The molecule has 0 bridgehead atoms. The van der Waals surface area contributed by atoms with E-state index in [9.17, 15) is 0 Å². The zero-order chi connectivity index (χ0) is 14.5. The number of nitrogens with one attached hydrogen (secondary N) is 1. The van der Waals surface area contributed by atoms with Crippen LogP contribution in [0.15, 0.2) is 6.07 Å². The first-order valence-corrected chi connectivity index (χ1v) is 7.73. The van der Waals surface area contributed by atoms with Crippen LogP contribution in [0.3, 0.4) is 0 Å². The van der Waals surface area contributed by atoms with Gasteiger partial charge in [-0.15, -0.1) is 11.3 Å². The first-order valence-electron chi connectivity index (χ1n) is 6.91. The smallest absolute Gasteiger partial charge is 0.223 e. The monoisotopic (exact) mass is 294 g/mol. The molecular formula is C14H22N4OS. The highest BCUT2D eigenvalue weighted by Gasteiger charge is 2.08. The number of nitrogens with two attached hydrogens (primary N) is 1. The van der Waals surface area contributed by atoms with Crippen molar-refractivity contribution in [2.75, 3.05) is 30.8 Å². The Morgan fingerprint density at radius 1 is 1.35 bits per heavy atom. The number of thiophene rings is 1. The maximum Gasteiger partial charge on any atom is 0.223 e. The average molecular weight is 294 g/mol. The van der Waals surface area contributed by atoms with Crippen molar-refractivity contribution in [1.29, 1.82) is 0 Å². The summed E-state index contributed by atoms with van der Waals surface area (Å²) < 4.78 is 5.58. The quantitative estimate of drug-likeness (QED) is 0.768. The van der Waals surface area contributed by atoms with Crippen LogP contribution >= 0.6 is 11.3 Å². The number of hydrogen-bond acceptors (Lipinski definition) is 6. The van der Waals surface area contributed by atoms with Gasteiger partial charge in [-0.2, -0.15) is 4.98 Å². The highest BCUT2D eigenvalue weighted by atomic mass is 32.1. The number of anilines is 2. The molecule has 0 unspecified atom stereocenters. The normalized spacial score (nSPS) is 11.4. The Balaban J connectivity index is 1.89. The molecule has 0 fully saturated rings. The number of hydrogen-bond donors (Lipinski definition) is 2. The van der Waals surface area contributed by atoms with E-state index in [-0.39, 0.29) is 0 Å². The fourth-order valence-electron chi connectivity index (χ4n) is 1.86. The van der Waals surface area contributed by atoms with Crippen molar-refractivity contribution in [1.82, 2.24) is 9.97 Å². The predicted octanol–water partition coefficient (Wildman–Crippen LogP) is 3.06. The molecule has 0 amide bonds. The Kier molecular flexibility index (Phi) is 5.14. The Morgan fingerprint density at radius 3 is 2.90 bits per heavy atom. The minimum absolute atomic E-state index is 0.308. The first kappa shape index (κ1) is 15.0. The minimum Gasteiger partial charge on any atom is -0.380 e. The number of ether oxygens (including phenoxy) is 1. The topological polar surface area (TPSA) is 73.1 Å². The van der Waals surface area contributed by atoms with Crippen LogP contribution in [0.1, 0.15) is 25.1 Å². The maximum atomic E-state index is 5.73. The maximum absolute atomic E-state index is 5.73. The van der Waals surface area contributed by atoms with Crippen LogP contribution in [-0.2, 0) is 4.74 Å². The number of nitrogen functional groups attached to an aromatic ring is 1. The van der Waals surface area contributed by atoms with Gasteiger partial charge in [0.15, 0.2) is 0 Å². The second-order valence-corrected chi connectivity index (χ2v) is 6.46. The Bertz CT molecular complexity index is 568. The molecule has 110 valence electrons. The number of fused-ring (bicyclic) bond motifs is 1. The highest BCUT2D eigenvalue weighted by Crippen LogP contribution is 2.28. The third-order valence-electron chi connectivity index (χ3n) is 2.91. The van der Waals surface area contributed by atoms with E-state index in [1.54, 1.807) is 11.3 Å². The van der Waals surface area contributed by atoms with Gasteiger partial charge in [0.2, 0.25) is 5.95 Å². The number of aromatic nitrogens is 2. The average Bonchev–Trinajstić information content (AvgIpc) is 2.73. The summed E-state index contributed by atoms with van der Waals surface area (Å²) in [6.45, 7) is 8.64. The number of aryl methyl sites for hydroxylation is 1. The lowest BCUT2D eigenvalue weighted by atomic mass is 10.1. The molecule has 2 aromatic rings. The van der Waals surface area contributed by atoms with Crippen molar-refractivity contribution in [3.63, 3.8) is 0 Å². The van der Waals surface area contributed by atoms with E-state index in [4.69, 9.17) is 10.5 Å². The summed E-state index contributed by atoms with van der Waals surface area (Å²) in [7, 11) is 0. The molecule has 0 aromatic carbocycles. The summed E-state index contributed by atoms with van der Waals surface area (Å²) in [6.07, 6.45) is 1.09. The Hall–Kier alpha value is -1.40. The fraction of sp³-hybridized carbons (Fsp3) is 0.571. The van der Waals surface area contributed by atoms with Crippen LogP contribution in [0.5, 0.6) is 0 Å². The van der Waals surface area contributed by atoms with Crippen LogP contribution < -0.4 is 11.1 Å². The van der Waals surface area contributed by atoms with Crippen molar-refractivity contribution in [3.05, 3.63) is 10.9 Å². The molecule has 0 aliphatic rings. The van der Waals surface area contributed by atoms with Gasteiger partial charge in [0.1, 0.15) is 10.6 Å². The van der Waals surface area contributed by atoms with Crippen LogP contribution in [0.2, 0.25) is 0 Å². The van der Waals surface area contributed by atoms with Gasteiger partial charge in [0.05, 0.1) is 12.0 Å². The lowest BCUT2D eigenvalue weighted by molar-refractivity contribution is 0.132. The molecular weight excluding hydrogens is 272 g/mol. The molecule has 0 saturated heterocycles. The minimum atomic E-state index is 0.308. The highest BCUT2D eigenvalue weighted by molar-refractivity contribution is 7.18. The summed E-state index contributed by atoms with van der Waals surface area (Å²) >= 11 is 1.63. The summed E-state index contributed by atoms with van der Waals surface area (Å²) in [5.74, 6) is 1.78. The van der Waals surface area contributed by atoms with Gasteiger partial charge in [0, 0.05) is 18.0 Å². The van der Waals surface area contributed by atoms with E-state index in [1.807, 2.05) is 0 Å². The summed E-state index contributed by atoms with van der Waals surface area (Å²) in [5, 5.41) is 4.31. The molecule has 5 nitrogen and oxygen atoms in total. The van der Waals surface area contributed by atoms with E-state index in [0.717, 1.165) is 35.6 Å². The molecule has 0 radical (unpaired) electrons. The Labute approximate surface area is 123 Å². The van der Waals surface area contributed by atoms with Gasteiger partial charge >= 0.3 is 0 Å². The van der Waals surface area contributed by atoms with Crippen LogP contribution in [0.4, 0.5) is 11.8 Å². The SMILES string of the molecule is Cc1cc2c(NCCOCCC(C)C)nc(N)nc2s1. The van der Waals surface area contributed by atoms with Crippen LogP contribution in [0.25, 0.3) is 10.2 Å². The van der Waals surface area contributed by atoms with E-state index >= 15 is 0 Å². The summed E-state index contributed by atoms with van der Waals surface area (Å²) in [6, 6.07) is 2.08. The Morgan fingerprint density at radius 2 is 2.15 bits per heavy atom. The van der Waals surface area contributed by atoms with E-state index in [2.05, 4.69) is 42.1 Å². The van der Waals surface area contributed by atoms with E-state index in [0.29, 0.717) is 18.5 Å². The van der Waals surface area contributed by atoms with Gasteiger partial charge in [-0.25, -0.2) is 4.98 Å². The first-order chi connectivity index (χ1) is 9.56. The largest absolute Gasteiger partial charge is 0.380 e.